The summed E-state index contributed by atoms with van der Waals surface area (Å²) in [4.78, 5) is 25.4. The molecule has 4 rings (SSSR count). The average Bonchev–Trinajstić information content (AvgIpc) is 3.43. The summed E-state index contributed by atoms with van der Waals surface area (Å²) in [7, 11) is 0. The van der Waals surface area contributed by atoms with Crippen LogP contribution in [0.3, 0.4) is 0 Å². The number of anilines is 1. The summed E-state index contributed by atoms with van der Waals surface area (Å²) in [5, 5.41) is 16.1. The Morgan fingerprint density at radius 2 is 1.97 bits per heavy atom. The van der Waals surface area contributed by atoms with E-state index in [1.54, 1.807) is 12.1 Å². The number of esters is 1. The van der Waals surface area contributed by atoms with Gasteiger partial charge in [0.05, 0.1) is 17.6 Å². The third-order valence-electron chi connectivity index (χ3n) is 4.94. The van der Waals surface area contributed by atoms with Gasteiger partial charge in [-0.3, -0.25) is 9.59 Å². The number of rotatable bonds is 7. The molecular weight excluding hydrogens is 412 g/mol. The first-order valence-electron chi connectivity index (χ1n) is 9.87. The number of aryl methyl sites for hydroxylation is 2. The number of para-hydroxylation sites is 1. The number of carbonyl (C=O) groups is 2. The van der Waals surface area contributed by atoms with E-state index in [2.05, 4.69) is 22.5 Å². The highest BCUT2D eigenvalue weighted by Crippen LogP contribution is 2.27. The highest BCUT2D eigenvalue weighted by molar-refractivity contribution is 8.00. The maximum Gasteiger partial charge on any atom is 0.316 e. The summed E-state index contributed by atoms with van der Waals surface area (Å²) in [6.07, 6.45) is 4.76. The summed E-state index contributed by atoms with van der Waals surface area (Å²) < 4.78 is 6.56. The van der Waals surface area contributed by atoms with Crippen molar-refractivity contribution in [3.05, 3.63) is 71.4 Å². The Balaban J connectivity index is 1.31. The quantitative estimate of drug-likeness (QED) is 0.453. The molecular formula is C23H20N4O3S. The van der Waals surface area contributed by atoms with Crippen molar-refractivity contribution in [3.8, 4) is 11.8 Å². The van der Waals surface area contributed by atoms with Crippen LogP contribution in [-0.4, -0.2) is 34.0 Å². The van der Waals surface area contributed by atoms with E-state index in [0.717, 1.165) is 17.7 Å². The number of hydrogen-bond acceptors (Lipinski definition) is 6. The summed E-state index contributed by atoms with van der Waals surface area (Å²) in [5.74, 6) is -0.651. The zero-order valence-corrected chi connectivity index (χ0v) is 17.5. The highest BCUT2D eigenvalue weighted by atomic mass is 32.2. The standard InChI is InChI=1S/C23H20N4O3S/c24-12-18-13-25-27(19-7-2-1-3-8-19)23(18)26-21(28)14-30-22(29)15-31-20-10-9-16-5-4-6-17(16)11-20/h1-3,7-11,13H,4-6,14-15H2,(H,26,28). The highest BCUT2D eigenvalue weighted by Gasteiger charge is 2.17. The number of fused-ring (bicyclic) bond motifs is 1. The van der Waals surface area contributed by atoms with Crippen LogP contribution in [0.4, 0.5) is 5.82 Å². The molecule has 8 heteroatoms. The molecule has 1 aromatic heterocycles. The second-order valence-electron chi connectivity index (χ2n) is 7.05. The van der Waals surface area contributed by atoms with Crippen LogP contribution in [0.2, 0.25) is 0 Å². The molecule has 1 heterocycles. The molecule has 0 aliphatic heterocycles. The van der Waals surface area contributed by atoms with Gasteiger partial charge in [0.2, 0.25) is 0 Å². The third-order valence-corrected chi connectivity index (χ3v) is 5.91. The van der Waals surface area contributed by atoms with Crippen molar-refractivity contribution >= 4 is 29.5 Å². The fraction of sp³-hybridized carbons (Fsp3) is 0.217. The predicted molar refractivity (Wildman–Crippen MR) is 117 cm³/mol. The molecule has 2 aromatic carbocycles. The van der Waals surface area contributed by atoms with Crippen molar-refractivity contribution in [2.24, 2.45) is 0 Å². The van der Waals surface area contributed by atoms with Gasteiger partial charge in [0.15, 0.2) is 12.4 Å². The van der Waals surface area contributed by atoms with Crippen molar-refractivity contribution in [2.45, 2.75) is 24.2 Å². The Bertz CT molecular complexity index is 1150. The average molecular weight is 433 g/mol. The molecule has 3 aromatic rings. The number of nitriles is 1. The van der Waals surface area contributed by atoms with Crippen LogP contribution in [-0.2, 0) is 27.2 Å². The number of thioether (sulfide) groups is 1. The Labute approximate surface area is 184 Å². The number of amides is 1. The van der Waals surface area contributed by atoms with Crippen LogP contribution in [0.1, 0.15) is 23.1 Å². The van der Waals surface area contributed by atoms with Crippen molar-refractivity contribution in [1.82, 2.24) is 9.78 Å². The van der Waals surface area contributed by atoms with Gasteiger partial charge in [0.25, 0.3) is 5.91 Å². The monoisotopic (exact) mass is 432 g/mol. The van der Waals surface area contributed by atoms with Gasteiger partial charge in [0, 0.05) is 4.90 Å². The van der Waals surface area contributed by atoms with E-state index in [-0.39, 0.29) is 17.1 Å². The first-order valence-corrected chi connectivity index (χ1v) is 10.9. The molecule has 0 saturated heterocycles. The van der Waals surface area contributed by atoms with Gasteiger partial charge in [-0.15, -0.1) is 11.8 Å². The maximum absolute atomic E-state index is 12.3. The maximum atomic E-state index is 12.3. The lowest BCUT2D eigenvalue weighted by atomic mass is 10.1. The Kier molecular flexibility index (Phi) is 6.34. The van der Waals surface area contributed by atoms with Crippen molar-refractivity contribution in [2.75, 3.05) is 17.7 Å². The van der Waals surface area contributed by atoms with Crippen LogP contribution in [0, 0.1) is 11.3 Å². The summed E-state index contributed by atoms with van der Waals surface area (Å²) in [6.45, 7) is -0.436. The Morgan fingerprint density at radius 1 is 1.16 bits per heavy atom. The molecule has 31 heavy (non-hydrogen) atoms. The number of benzene rings is 2. The fourth-order valence-electron chi connectivity index (χ4n) is 3.45. The van der Waals surface area contributed by atoms with Crippen molar-refractivity contribution < 1.29 is 14.3 Å². The van der Waals surface area contributed by atoms with Crippen LogP contribution in [0.15, 0.2) is 59.6 Å². The topological polar surface area (TPSA) is 97.0 Å². The molecule has 0 atom stereocenters. The Hall–Kier alpha value is -3.57. The molecule has 0 bridgehead atoms. The van der Waals surface area contributed by atoms with Gasteiger partial charge in [0.1, 0.15) is 11.6 Å². The SMILES string of the molecule is N#Cc1cnn(-c2ccccc2)c1NC(=O)COC(=O)CSc1ccc2c(c1)CCC2. The molecule has 0 spiro atoms. The van der Waals surface area contributed by atoms with E-state index in [4.69, 9.17) is 4.74 Å². The van der Waals surface area contributed by atoms with E-state index < -0.39 is 18.5 Å². The number of hydrogen-bond donors (Lipinski definition) is 1. The zero-order chi connectivity index (χ0) is 21.6. The van der Waals surface area contributed by atoms with Gasteiger partial charge in [-0.2, -0.15) is 10.4 Å². The van der Waals surface area contributed by atoms with Crippen molar-refractivity contribution in [3.63, 3.8) is 0 Å². The molecule has 0 saturated carbocycles. The number of ether oxygens (including phenoxy) is 1. The van der Waals surface area contributed by atoms with E-state index in [1.807, 2.05) is 30.3 Å². The lowest BCUT2D eigenvalue weighted by Crippen LogP contribution is -2.23. The lowest BCUT2D eigenvalue weighted by Gasteiger charge is -2.10. The first-order chi connectivity index (χ1) is 15.1. The predicted octanol–water partition coefficient (Wildman–Crippen LogP) is 3.51. The van der Waals surface area contributed by atoms with Gasteiger partial charge < -0.3 is 10.1 Å². The molecule has 1 aliphatic rings. The molecule has 7 nitrogen and oxygen atoms in total. The van der Waals surface area contributed by atoms with Gasteiger partial charge >= 0.3 is 5.97 Å². The van der Waals surface area contributed by atoms with Crippen LogP contribution in [0.25, 0.3) is 5.69 Å². The summed E-state index contributed by atoms with van der Waals surface area (Å²) >= 11 is 1.39. The van der Waals surface area contributed by atoms with Gasteiger partial charge in [-0.25, -0.2) is 4.68 Å². The number of nitrogens with one attached hydrogen (secondary N) is 1. The fourth-order valence-corrected chi connectivity index (χ4v) is 4.21. The smallest absolute Gasteiger partial charge is 0.316 e. The summed E-state index contributed by atoms with van der Waals surface area (Å²) in [5.41, 5.74) is 3.65. The van der Waals surface area contributed by atoms with Crippen LogP contribution < -0.4 is 5.32 Å². The molecule has 156 valence electrons. The second-order valence-corrected chi connectivity index (χ2v) is 8.10. The number of aromatic nitrogens is 2. The molecule has 1 aliphatic carbocycles. The van der Waals surface area contributed by atoms with E-state index in [9.17, 15) is 14.9 Å². The van der Waals surface area contributed by atoms with E-state index >= 15 is 0 Å². The first kappa shape index (κ1) is 20.7. The minimum absolute atomic E-state index is 0.122. The van der Waals surface area contributed by atoms with E-state index in [0.29, 0.717) is 5.69 Å². The number of carbonyl (C=O) groups excluding carboxylic acids is 2. The third kappa shape index (κ3) is 4.95. The Morgan fingerprint density at radius 3 is 2.77 bits per heavy atom. The minimum Gasteiger partial charge on any atom is -0.455 e. The van der Waals surface area contributed by atoms with Crippen molar-refractivity contribution in [1.29, 1.82) is 5.26 Å². The summed E-state index contributed by atoms with van der Waals surface area (Å²) in [6, 6.07) is 17.4. The minimum atomic E-state index is -0.537. The second kappa shape index (κ2) is 9.49. The molecule has 1 N–H and O–H groups in total. The molecule has 0 fully saturated rings. The molecule has 1 amide bonds. The molecule has 0 radical (unpaired) electrons. The number of nitrogens with zero attached hydrogens (tertiary/aromatic N) is 3. The van der Waals surface area contributed by atoms with Crippen LogP contribution >= 0.6 is 11.8 Å². The zero-order valence-electron chi connectivity index (χ0n) is 16.7. The van der Waals surface area contributed by atoms with Crippen LogP contribution in [0.5, 0.6) is 0 Å². The van der Waals surface area contributed by atoms with Gasteiger partial charge in [-0.05, 0) is 54.7 Å². The molecule has 0 unspecified atom stereocenters. The largest absolute Gasteiger partial charge is 0.455 e. The lowest BCUT2D eigenvalue weighted by molar-refractivity contribution is -0.144. The van der Waals surface area contributed by atoms with Gasteiger partial charge in [-0.1, -0.05) is 24.3 Å². The normalized spacial score (nSPS) is 12.1. The van der Waals surface area contributed by atoms with E-state index in [1.165, 1.54) is 40.2 Å².